The van der Waals surface area contributed by atoms with Crippen LogP contribution in [0.1, 0.15) is 13.3 Å². The number of rotatable bonds is 4. The SMILES string of the molecule is CN(CCS(C)(=O)=O)C(=O)C1(C)CCNC1. The van der Waals surface area contributed by atoms with E-state index >= 15 is 0 Å². The average molecular weight is 248 g/mol. The lowest BCUT2D eigenvalue weighted by molar-refractivity contribution is -0.138. The summed E-state index contributed by atoms with van der Waals surface area (Å²) in [7, 11) is -1.34. The van der Waals surface area contributed by atoms with Gasteiger partial charge in [-0.05, 0) is 19.9 Å². The van der Waals surface area contributed by atoms with Gasteiger partial charge in [-0.15, -0.1) is 0 Å². The number of amides is 1. The Labute approximate surface area is 97.1 Å². The zero-order valence-electron chi connectivity index (χ0n) is 10.1. The van der Waals surface area contributed by atoms with Crippen LogP contribution >= 0.6 is 0 Å². The summed E-state index contributed by atoms with van der Waals surface area (Å²) in [6, 6.07) is 0. The molecule has 1 fully saturated rings. The highest BCUT2D eigenvalue weighted by molar-refractivity contribution is 7.90. The molecule has 0 aliphatic carbocycles. The van der Waals surface area contributed by atoms with Crippen molar-refractivity contribution in [3.8, 4) is 0 Å². The lowest BCUT2D eigenvalue weighted by Crippen LogP contribution is -2.43. The molecule has 1 atom stereocenters. The van der Waals surface area contributed by atoms with E-state index in [0.717, 1.165) is 13.0 Å². The molecular weight excluding hydrogens is 228 g/mol. The van der Waals surface area contributed by atoms with Gasteiger partial charge in [-0.3, -0.25) is 4.79 Å². The first-order valence-corrected chi connectivity index (χ1v) is 7.45. The van der Waals surface area contributed by atoms with Crippen LogP contribution in [-0.4, -0.2) is 57.9 Å². The first-order valence-electron chi connectivity index (χ1n) is 5.39. The number of nitrogens with zero attached hydrogens (tertiary/aromatic N) is 1. The molecule has 0 saturated carbocycles. The molecule has 0 aromatic heterocycles. The van der Waals surface area contributed by atoms with Crippen molar-refractivity contribution in [2.24, 2.45) is 5.41 Å². The summed E-state index contributed by atoms with van der Waals surface area (Å²) >= 11 is 0. The maximum absolute atomic E-state index is 12.1. The van der Waals surface area contributed by atoms with Gasteiger partial charge in [0, 0.05) is 26.4 Å². The minimum absolute atomic E-state index is 0.0265. The fourth-order valence-electron chi connectivity index (χ4n) is 1.86. The Morgan fingerprint density at radius 3 is 2.56 bits per heavy atom. The molecule has 1 rings (SSSR count). The Hall–Kier alpha value is -0.620. The number of hydrogen-bond acceptors (Lipinski definition) is 4. The summed E-state index contributed by atoms with van der Waals surface area (Å²) in [5, 5.41) is 3.16. The molecule has 1 aliphatic heterocycles. The number of carbonyl (C=O) groups is 1. The summed E-state index contributed by atoms with van der Waals surface area (Å²) in [5.41, 5.74) is -0.369. The largest absolute Gasteiger partial charge is 0.344 e. The molecule has 1 heterocycles. The van der Waals surface area contributed by atoms with Crippen LogP contribution in [-0.2, 0) is 14.6 Å². The van der Waals surface area contributed by atoms with Gasteiger partial charge in [0.25, 0.3) is 0 Å². The second-order valence-electron chi connectivity index (χ2n) is 4.84. The van der Waals surface area contributed by atoms with E-state index < -0.39 is 9.84 Å². The fraction of sp³-hybridized carbons (Fsp3) is 0.900. The summed E-state index contributed by atoms with van der Waals surface area (Å²) in [4.78, 5) is 13.6. The second-order valence-corrected chi connectivity index (χ2v) is 7.10. The van der Waals surface area contributed by atoms with Crippen LogP contribution in [0, 0.1) is 5.41 Å². The van der Waals surface area contributed by atoms with E-state index in [9.17, 15) is 13.2 Å². The predicted molar refractivity (Wildman–Crippen MR) is 62.9 cm³/mol. The van der Waals surface area contributed by atoms with Gasteiger partial charge in [0.05, 0.1) is 11.2 Å². The maximum Gasteiger partial charge on any atom is 0.229 e. The molecule has 0 spiro atoms. The van der Waals surface area contributed by atoms with Gasteiger partial charge in [0.1, 0.15) is 9.84 Å². The lowest BCUT2D eigenvalue weighted by Gasteiger charge is -2.28. The van der Waals surface area contributed by atoms with Crippen LogP contribution in [0.25, 0.3) is 0 Å². The number of carbonyl (C=O) groups excluding carboxylic acids is 1. The molecule has 1 saturated heterocycles. The van der Waals surface area contributed by atoms with E-state index in [2.05, 4.69) is 5.32 Å². The third kappa shape index (κ3) is 3.45. The summed E-state index contributed by atoms with van der Waals surface area (Å²) in [5.74, 6) is 0.0554. The zero-order valence-corrected chi connectivity index (χ0v) is 10.9. The molecule has 1 amide bonds. The van der Waals surface area contributed by atoms with Gasteiger partial charge >= 0.3 is 0 Å². The topological polar surface area (TPSA) is 66.5 Å². The molecule has 1 unspecified atom stereocenters. The summed E-state index contributed by atoms with van der Waals surface area (Å²) < 4.78 is 22.0. The number of hydrogen-bond donors (Lipinski definition) is 1. The number of sulfone groups is 1. The Bertz CT molecular complexity index is 358. The van der Waals surface area contributed by atoms with Crippen LogP contribution in [0.15, 0.2) is 0 Å². The van der Waals surface area contributed by atoms with Crippen molar-refractivity contribution in [2.45, 2.75) is 13.3 Å². The van der Waals surface area contributed by atoms with E-state index in [1.807, 2.05) is 6.92 Å². The van der Waals surface area contributed by atoms with Gasteiger partial charge in [-0.2, -0.15) is 0 Å². The van der Waals surface area contributed by atoms with E-state index in [1.54, 1.807) is 7.05 Å². The van der Waals surface area contributed by atoms with E-state index in [0.29, 0.717) is 6.54 Å². The molecule has 0 radical (unpaired) electrons. The molecule has 16 heavy (non-hydrogen) atoms. The van der Waals surface area contributed by atoms with Crippen LogP contribution < -0.4 is 5.32 Å². The first kappa shape index (κ1) is 13.4. The van der Waals surface area contributed by atoms with Crippen molar-refractivity contribution in [1.82, 2.24) is 10.2 Å². The molecule has 0 bridgehead atoms. The summed E-state index contributed by atoms with van der Waals surface area (Å²) in [6.07, 6.45) is 2.00. The standard InChI is InChI=1S/C10H20N2O3S/c1-10(4-5-11-8-10)9(13)12(2)6-7-16(3,14)15/h11H,4-8H2,1-3H3. The Kier molecular flexibility index (Phi) is 3.96. The molecule has 5 nitrogen and oxygen atoms in total. The van der Waals surface area contributed by atoms with Gasteiger partial charge in [0.15, 0.2) is 0 Å². The van der Waals surface area contributed by atoms with Gasteiger partial charge in [-0.25, -0.2) is 8.42 Å². The minimum Gasteiger partial charge on any atom is -0.344 e. The Morgan fingerprint density at radius 1 is 1.50 bits per heavy atom. The van der Waals surface area contributed by atoms with Crippen molar-refractivity contribution < 1.29 is 13.2 Å². The third-order valence-electron chi connectivity index (χ3n) is 3.03. The van der Waals surface area contributed by atoms with Crippen molar-refractivity contribution in [1.29, 1.82) is 0 Å². The highest BCUT2D eigenvalue weighted by atomic mass is 32.2. The lowest BCUT2D eigenvalue weighted by atomic mass is 9.88. The van der Waals surface area contributed by atoms with Gasteiger partial charge in [-0.1, -0.05) is 0 Å². The smallest absolute Gasteiger partial charge is 0.229 e. The normalized spacial score (nSPS) is 25.7. The zero-order chi connectivity index (χ0) is 12.4. The Balaban J connectivity index is 2.54. The van der Waals surface area contributed by atoms with Gasteiger partial charge < -0.3 is 10.2 Å². The molecular formula is C10H20N2O3S. The van der Waals surface area contributed by atoms with E-state index in [1.165, 1.54) is 11.2 Å². The third-order valence-corrected chi connectivity index (χ3v) is 3.95. The van der Waals surface area contributed by atoms with Crippen LogP contribution in [0.4, 0.5) is 0 Å². The monoisotopic (exact) mass is 248 g/mol. The quantitative estimate of drug-likeness (QED) is 0.727. The molecule has 1 aliphatic rings. The Morgan fingerprint density at radius 2 is 2.12 bits per heavy atom. The maximum atomic E-state index is 12.1. The van der Waals surface area contributed by atoms with Gasteiger partial charge in [0.2, 0.25) is 5.91 Å². The molecule has 0 aromatic rings. The molecule has 1 N–H and O–H groups in total. The molecule has 0 aromatic carbocycles. The van der Waals surface area contributed by atoms with E-state index in [-0.39, 0.29) is 23.6 Å². The van der Waals surface area contributed by atoms with Crippen LogP contribution in [0.2, 0.25) is 0 Å². The van der Waals surface area contributed by atoms with Crippen molar-refractivity contribution in [3.63, 3.8) is 0 Å². The minimum atomic E-state index is -3.01. The average Bonchev–Trinajstić information content (AvgIpc) is 2.60. The molecule has 94 valence electrons. The number of nitrogens with one attached hydrogen (secondary N) is 1. The first-order chi connectivity index (χ1) is 7.25. The van der Waals surface area contributed by atoms with E-state index in [4.69, 9.17) is 0 Å². The van der Waals surface area contributed by atoms with Crippen molar-refractivity contribution in [2.75, 3.05) is 38.7 Å². The second kappa shape index (κ2) is 4.71. The van der Waals surface area contributed by atoms with Crippen LogP contribution in [0.3, 0.4) is 0 Å². The predicted octanol–water partition coefficient (Wildman–Crippen LogP) is -0.511. The van der Waals surface area contributed by atoms with Crippen LogP contribution in [0.5, 0.6) is 0 Å². The highest BCUT2D eigenvalue weighted by Gasteiger charge is 2.38. The van der Waals surface area contributed by atoms with Crippen molar-refractivity contribution in [3.05, 3.63) is 0 Å². The van der Waals surface area contributed by atoms with Crippen molar-refractivity contribution >= 4 is 15.7 Å². The molecule has 6 heteroatoms. The fourth-order valence-corrected chi connectivity index (χ4v) is 2.47. The highest BCUT2D eigenvalue weighted by Crippen LogP contribution is 2.26. The summed E-state index contributed by atoms with van der Waals surface area (Å²) in [6.45, 7) is 3.72.